The zero-order valence-electron chi connectivity index (χ0n) is 5.46. The first-order valence-corrected chi connectivity index (χ1v) is 3.67. The van der Waals surface area contributed by atoms with E-state index < -0.39 is 11.5 Å². The Morgan fingerprint density at radius 1 is 1.89 bits per heavy atom. The van der Waals surface area contributed by atoms with Gasteiger partial charge < -0.3 is 4.55 Å². The van der Waals surface area contributed by atoms with Crippen LogP contribution in [-0.4, -0.2) is 23.4 Å². The van der Waals surface area contributed by atoms with Gasteiger partial charge in [-0.1, -0.05) is 5.17 Å². The van der Waals surface area contributed by atoms with Crippen molar-refractivity contribution in [3.63, 3.8) is 0 Å². The van der Waals surface area contributed by atoms with Gasteiger partial charge in [0.25, 0.3) is 0 Å². The molecular formula is C3H11N3O2S. The molecule has 56 valence electrons. The molecule has 0 aliphatic carbocycles. The second-order valence-corrected chi connectivity index (χ2v) is 2.08. The predicted octanol–water partition coefficient (Wildman–Crippen LogP) is -1.09. The number of hydrazine groups is 1. The second kappa shape index (κ2) is 4.98. The summed E-state index contributed by atoms with van der Waals surface area (Å²) in [7, 11) is 1.58. The fourth-order valence-corrected chi connectivity index (χ4v) is 0.653. The maximum Gasteiger partial charge on any atom is 0.149 e. The van der Waals surface area contributed by atoms with E-state index in [1.54, 1.807) is 7.05 Å². The van der Waals surface area contributed by atoms with E-state index >= 15 is 0 Å². The normalized spacial score (nSPS) is 14.3. The van der Waals surface area contributed by atoms with Gasteiger partial charge in [0.1, 0.15) is 11.5 Å². The average Bonchev–Trinajstić information content (AvgIpc) is 1.63. The van der Waals surface area contributed by atoms with Gasteiger partial charge in [0, 0.05) is 7.05 Å². The van der Waals surface area contributed by atoms with Crippen molar-refractivity contribution in [3.05, 3.63) is 0 Å². The molecule has 1 unspecified atom stereocenters. The van der Waals surface area contributed by atoms with E-state index in [0.717, 1.165) is 0 Å². The van der Waals surface area contributed by atoms with Crippen LogP contribution in [0.15, 0.2) is 0 Å². The molecule has 9 heavy (non-hydrogen) atoms. The van der Waals surface area contributed by atoms with Gasteiger partial charge in [0.05, 0.1) is 6.61 Å². The summed E-state index contributed by atoms with van der Waals surface area (Å²) in [4.78, 5) is 7.11. The van der Waals surface area contributed by atoms with Gasteiger partial charge in [-0.25, -0.2) is 0 Å². The number of nitrogens with two attached hydrogens (primary N) is 1. The summed E-state index contributed by atoms with van der Waals surface area (Å²) in [5, 5.41) is 6.07. The molecule has 0 aliphatic rings. The van der Waals surface area contributed by atoms with E-state index in [9.17, 15) is 4.55 Å². The lowest BCUT2D eigenvalue weighted by Gasteiger charge is -2.14. The fraction of sp³-hybridized carbons (Fsp3) is 1.00. The Kier molecular flexibility index (Phi) is 5.06. The molecule has 0 saturated heterocycles. The number of hydrogen-bond acceptors (Lipinski definition) is 5. The topological polar surface area (TPSA) is 73.6 Å². The Hall–Kier alpha value is 0.150. The van der Waals surface area contributed by atoms with Gasteiger partial charge in [0.15, 0.2) is 0 Å². The number of nitrogens with one attached hydrogen (secondary N) is 1. The quantitative estimate of drug-likeness (QED) is 0.396. The molecule has 0 aromatic rings. The first kappa shape index (κ1) is 9.15. The van der Waals surface area contributed by atoms with Crippen LogP contribution < -0.4 is 9.97 Å². The Bertz CT molecular complexity index is 72.1. The van der Waals surface area contributed by atoms with Crippen LogP contribution in [0, 0.1) is 0 Å². The Morgan fingerprint density at radius 3 is 2.78 bits per heavy atom. The maximum absolute atomic E-state index is 10.2. The Balaban J connectivity index is 3.15. The van der Waals surface area contributed by atoms with E-state index in [-0.39, 0.29) is 0 Å². The van der Waals surface area contributed by atoms with Crippen molar-refractivity contribution in [2.24, 2.45) is 5.14 Å². The van der Waals surface area contributed by atoms with Crippen LogP contribution in [0.5, 0.6) is 0 Å². The van der Waals surface area contributed by atoms with Crippen LogP contribution in [0.4, 0.5) is 0 Å². The molecule has 0 spiro atoms. The highest BCUT2D eigenvalue weighted by molar-refractivity contribution is 7.87. The third kappa shape index (κ3) is 6.03. The highest BCUT2D eigenvalue weighted by Gasteiger charge is 2.01. The van der Waals surface area contributed by atoms with Crippen LogP contribution in [-0.2, 0) is 16.4 Å². The molecule has 0 bridgehead atoms. The fourth-order valence-electron chi connectivity index (χ4n) is 0.347. The van der Waals surface area contributed by atoms with Crippen LogP contribution in [0.3, 0.4) is 0 Å². The first-order chi connectivity index (χ1) is 4.16. The lowest BCUT2D eigenvalue weighted by atomic mass is 10.9. The molecule has 0 rings (SSSR count). The van der Waals surface area contributed by atoms with Gasteiger partial charge in [0.2, 0.25) is 0 Å². The van der Waals surface area contributed by atoms with E-state index in [1.807, 2.05) is 6.92 Å². The number of rotatable bonds is 4. The van der Waals surface area contributed by atoms with Crippen molar-refractivity contribution in [1.29, 1.82) is 0 Å². The highest BCUT2D eigenvalue weighted by atomic mass is 32.2. The minimum absolute atomic E-state index is 0.515. The smallest absolute Gasteiger partial charge is 0.149 e. The number of hydroxylamine groups is 1. The molecule has 0 fully saturated rings. The molecule has 0 saturated carbocycles. The summed E-state index contributed by atoms with van der Waals surface area (Å²) >= 11 is -1.55. The van der Waals surface area contributed by atoms with E-state index in [4.69, 9.17) is 9.98 Å². The van der Waals surface area contributed by atoms with Crippen molar-refractivity contribution in [2.75, 3.05) is 13.7 Å². The van der Waals surface area contributed by atoms with Gasteiger partial charge >= 0.3 is 0 Å². The van der Waals surface area contributed by atoms with E-state index in [0.29, 0.717) is 6.61 Å². The monoisotopic (exact) mass is 153 g/mol. The molecule has 0 aliphatic heterocycles. The minimum Gasteiger partial charge on any atom is -0.578 e. The molecule has 0 aromatic carbocycles. The van der Waals surface area contributed by atoms with Gasteiger partial charge in [-0.2, -0.15) is 0 Å². The molecule has 0 heterocycles. The lowest BCUT2D eigenvalue weighted by Crippen LogP contribution is -2.42. The molecule has 5 nitrogen and oxygen atoms in total. The molecular weight excluding hydrogens is 142 g/mol. The first-order valence-electron chi connectivity index (χ1n) is 2.46. The summed E-state index contributed by atoms with van der Waals surface area (Å²) in [5.41, 5.74) is 0. The van der Waals surface area contributed by atoms with Crippen LogP contribution in [0.25, 0.3) is 0 Å². The van der Waals surface area contributed by atoms with Gasteiger partial charge in [-0.05, 0) is 11.8 Å². The minimum atomic E-state index is -1.55. The molecule has 0 amide bonds. The van der Waals surface area contributed by atoms with E-state index in [1.165, 1.54) is 5.17 Å². The standard InChI is InChI=1S/C3H11N3O2S/c1-3-8-6(2)5-9(4)7/h5H,3-4H2,1-2H3. The summed E-state index contributed by atoms with van der Waals surface area (Å²) in [5.74, 6) is 0. The van der Waals surface area contributed by atoms with Crippen molar-refractivity contribution in [2.45, 2.75) is 6.92 Å². The summed E-state index contributed by atoms with van der Waals surface area (Å²) in [6, 6.07) is 0. The zero-order chi connectivity index (χ0) is 7.28. The lowest BCUT2D eigenvalue weighted by molar-refractivity contribution is -0.153. The second-order valence-electron chi connectivity index (χ2n) is 1.30. The largest absolute Gasteiger partial charge is 0.578 e. The summed E-state index contributed by atoms with van der Waals surface area (Å²) < 4.78 is 10.2. The van der Waals surface area contributed by atoms with Crippen LogP contribution in [0.2, 0.25) is 0 Å². The average molecular weight is 153 g/mol. The van der Waals surface area contributed by atoms with Crippen LogP contribution in [0.1, 0.15) is 6.92 Å². The molecule has 6 heteroatoms. The Morgan fingerprint density at radius 2 is 2.44 bits per heavy atom. The van der Waals surface area contributed by atoms with Crippen LogP contribution >= 0.6 is 0 Å². The third-order valence-electron chi connectivity index (χ3n) is 0.541. The van der Waals surface area contributed by atoms with Crippen molar-refractivity contribution >= 4 is 11.5 Å². The Labute approximate surface area is 57.5 Å². The summed E-state index contributed by atoms with van der Waals surface area (Å²) in [6.07, 6.45) is 0. The van der Waals surface area contributed by atoms with Gasteiger partial charge in [-0.3, -0.25) is 4.84 Å². The van der Waals surface area contributed by atoms with Gasteiger partial charge in [-0.15, -0.1) is 5.14 Å². The third-order valence-corrected chi connectivity index (χ3v) is 0.978. The number of nitrogens with zero attached hydrogens (tertiary/aromatic N) is 1. The molecule has 1 atom stereocenters. The van der Waals surface area contributed by atoms with Crippen molar-refractivity contribution < 1.29 is 9.39 Å². The molecule has 0 aromatic heterocycles. The summed E-state index contributed by atoms with van der Waals surface area (Å²) in [6.45, 7) is 2.33. The maximum atomic E-state index is 10.2. The highest BCUT2D eigenvalue weighted by Crippen LogP contribution is 1.78. The predicted molar refractivity (Wildman–Crippen MR) is 34.9 cm³/mol. The SMILES string of the molecule is CCON(C)N[S+](N)[O-]. The van der Waals surface area contributed by atoms with Crippen molar-refractivity contribution in [3.8, 4) is 0 Å². The van der Waals surface area contributed by atoms with Crippen molar-refractivity contribution in [1.82, 2.24) is 10.0 Å². The van der Waals surface area contributed by atoms with E-state index in [2.05, 4.69) is 4.83 Å². The zero-order valence-corrected chi connectivity index (χ0v) is 6.27. The molecule has 3 N–H and O–H groups in total. The molecule has 0 radical (unpaired) electrons. The number of hydrogen-bond donors (Lipinski definition) is 2.